The van der Waals surface area contributed by atoms with Gasteiger partial charge >= 0.3 is 6.18 Å². The number of hydrogen-bond acceptors (Lipinski definition) is 2. The lowest BCUT2D eigenvalue weighted by molar-refractivity contribution is -0.137. The summed E-state index contributed by atoms with van der Waals surface area (Å²) >= 11 is 0. The van der Waals surface area contributed by atoms with Crippen LogP contribution in [-0.2, 0) is 11.0 Å². The molecule has 0 saturated heterocycles. The van der Waals surface area contributed by atoms with Gasteiger partial charge in [-0.15, -0.1) is 0 Å². The Labute approximate surface area is 102 Å². The highest BCUT2D eigenvalue weighted by molar-refractivity contribution is 5.93. The smallest absolute Gasteiger partial charge is 0.328 e. The first-order valence-corrected chi connectivity index (χ1v) is 5.60. The van der Waals surface area contributed by atoms with Crippen LogP contribution < -0.4 is 11.1 Å². The number of nitrogens with one attached hydrogen (secondary N) is 1. The molecule has 1 aliphatic rings. The topological polar surface area (TPSA) is 55.1 Å². The zero-order chi connectivity index (χ0) is 13.3. The third kappa shape index (κ3) is 2.81. The van der Waals surface area contributed by atoms with E-state index in [1.807, 2.05) is 0 Å². The van der Waals surface area contributed by atoms with Crippen LogP contribution in [0.4, 0.5) is 18.9 Å². The summed E-state index contributed by atoms with van der Waals surface area (Å²) in [6, 6.07) is 4.63. The van der Waals surface area contributed by atoms with E-state index >= 15 is 0 Å². The van der Waals surface area contributed by atoms with E-state index in [0.717, 1.165) is 12.1 Å². The average molecular weight is 258 g/mol. The number of halogens is 3. The predicted molar refractivity (Wildman–Crippen MR) is 60.8 cm³/mol. The fraction of sp³-hybridized carbons (Fsp3) is 0.417. The van der Waals surface area contributed by atoms with Gasteiger partial charge in [0.25, 0.3) is 0 Å². The maximum Gasteiger partial charge on any atom is 0.416 e. The van der Waals surface area contributed by atoms with Crippen molar-refractivity contribution in [3.05, 3.63) is 29.8 Å². The summed E-state index contributed by atoms with van der Waals surface area (Å²) in [5.41, 5.74) is 4.94. The number of benzene rings is 1. The van der Waals surface area contributed by atoms with E-state index in [1.165, 1.54) is 12.1 Å². The van der Waals surface area contributed by atoms with Gasteiger partial charge in [-0.2, -0.15) is 13.2 Å². The molecule has 0 bridgehead atoms. The number of anilines is 1. The summed E-state index contributed by atoms with van der Waals surface area (Å²) in [6.07, 6.45) is -3.23. The summed E-state index contributed by atoms with van der Waals surface area (Å²) < 4.78 is 37.4. The molecule has 3 nitrogen and oxygen atoms in total. The molecule has 3 N–H and O–H groups in total. The Balaban J connectivity index is 2.03. The maximum absolute atomic E-state index is 12.5. The molecule has 18 heavy (non-hydrogen) atoms. The van der Waals surface area contributed by atoms with E-state index in [4.69, 9.17) is 5.73 Å². The molecule has 0 aliphatic heterocycles. The highest BCUT2D eigenvalue weighted by atomic mass is 19.4. The molecular formula is C12H13F3N2O. The van der Waals surface area contributed by atoms with Gasteiger partial charge in [0.2, 0.25) is 5.91 Å². The first-order valence-electron chi connectivity index (χ1n) is 5.60. The van der Waals surface area contributed by atoms with Gasteiger partial charge in [-0.1, -0.05) is 6.07 Å². The Bertz CT molecular complexity index is 453. The molecule has 1 saturated carbocycles. The van der Waals surface area contributed by atoms with Crippen LogP contribution in [0.2, 0.25) is 0 Å². The van der Waals surface area contributed by atoms with Gasteiger partial charge < -0.3 is 11.1 Å². The number of carbonyl (C=O) groups excluding carboxylic acids is 1. The molecule has 2 rings (SSSR count). The summed E-state index contributed by atoms with van der Waals surface area (Å²) in [7, 11) is 0. The molecule has 1 aliphatic carbocycles. The molecular weight excluding hydrogens is 245 g/mol. The number of carbonyl (C=O) groups is 1. The molecule has 1 fully saturated rings. The minimum absolute atomic E-state index is 0.0299. The highest BCUT2D eigenvalue weighted by Crippen LogP contribution is 2.31. The third-order valence-corrected chi connectivity index (χ3v) is 3.00. The third-order valence-electron chi connectivity index (χ3n) is 3.00. The number of alkyl halides is 3. The van der Waals surface area contributed by atoms with Gasteiger partial charge in [-0.25, -0.2) is 0 Å². The molecule has 6 heteroatoms. The van der Waals surface area contributed by atoms with Crippen LogP contribution in [0.3, 0.4) is 0 Å². The standard InChI is InChI=1S/C12H13F3N2O/c13-12(14,15)8-2-1-3-10(6-8)17-11(18)7-4-9(16)5-7/h1-3,6-7,9H,4-5,16H2,(H,17,18). The molecule has 98 valence electrons. The summed E-state index contributed by atoms with van der Waals surface area (Å²) in [4.78, 5) is 11.7. The Morgan fingerprint density at radius 1 is 1.33 bits per heavy atom. The van der Waals surface area contributed by atoms with E-state index in [2.05, 4.69) is 5.32 Å². The van der Waals surface area contributed by atoms with Gasteiger partial charge in [0, 0.05) is 17.6 Å². The number of rotatable bonds is 2. The molecule has 0 atom stereocenters. The highest BCUT2D eigenvalue weighted by Gasteiger charge is 2.33. The minimum Gasteiger partial charge on any atom is -0.328 e. The van der Waals surface area contributed by atoms with E-state index < -0.39 is 11.7 Å². The van der Waals surface area contributed by atoms with E-state index in [1.54, 1.807) is 0 Å². The lowest BCUT2D eigenvalue weighted by atomic mass is 9.80. The SMILES string of the molecule is NC1CC(C(=O)Nc2cccc(C(F)(F)F)c2)C1. The van der Waals surface area contributed by atoms with Crippen molar-refractivity contribution in [2.24, 2.45) is 11.7 Å². The molecule has 1 aromatic carbocycles. The first kappa shape index (κ1) is 12.9. The van der Waals surface area contributed by atoms with Crippen molar-refractivity contribution in [2.75, 3.05) is 5.32 Å². The number of amides is 1. The summed E-state index contributed by atoms with van der Waals surface area (Å²) in [5.74, 6) is -0.453. The molecule has 1 aromatic rings. The lowest BCUT2D eigenvalue weighted by Crippen LogP contribution is -2.42. The van der Waals surface area contributed by atoms with Crippen molar-refractivity contribution in [3.63, 3.8) is 0 Å². The fourth-order valence-electron chi connectivity index (χ4n) is 1.89. The molecule has 0 spiro atoms. The fourth-order valence-corrected chi connectivity index (χ4v) is 1.89. The zero-order valence-corrected chi connectivity index (χ0v) is 9.50. The Morgan fingerprint density at radius 2 is 2.00 bits per heavy atom. The molecule has 0 radical (unpaired) electrons. The van der Waals surface area contributed by atoms with Gasteiger partial charge in [0.1, 0.15) is 0 Å². The first-order chi connectivity index (χ1) is 8.36. The van der Waals surface area contributed by atoms with Crippen molar-refractivity contribution < 1.29 is 18.0 Å². The van der Waals surface area contributed by atoms with Crippen molar-refractivity contribution >= 4 is 11.6 Å². The van der Waals surface area contributed by atoms with Crippen molar-refractivity contribution in [1.29, 1.82) is 0 Å². The van der Waals surface area contributed by atoms with Gasteiger partial charge in [0.15, 0.2) is 0 Å². The second-order valence-corrected chi connectivity index (χ2v) is 4.50. The Kier molecular flexibility index (Phi) is 3.30. The van der Waals surface area contributed by atoms with Crippen LogP contribution in [0.15, 0.2) is 24.3 Å². The van der Waals surface area contributed by atoms with Gasteiger partial charge in [0.05, 0.1) is 5.56 Å². The molecule has 1 amide bonds. The number of nitrogens with two attached hydrogens (primary N) is 1. The molecule has 0 aromatic heterocycles. The normalized spacial score (nSPS) is 23.3. The second-order valence-electron chi connectivity index (χ2n) is 4.50. The monoisotopic (exact) mass is 258 g/mol. The summed E-state index contributed by atoms with van der Waals surface area (Å²) in [6.45, 7) is 0. The number of hydrogen-bond donors (Lipinski definition) is 2. The summed E-state index contributed by atoms with van der Waals surface area (Å²) in [5, 5.41) is 2.48. The Morgan fingerprint density at radius 3 is 2.56 bits per heavy atom. The molecule has 0 unspecified atom stereocenters. The quantitative estimate of drug-likeness (QED) is 0.855. The van der Waals surface area contributed by atoms with Gasteiger partial charge in [-0.05, 0) is 31.0 Å². The largest absolute Gasteiger partial charge is 0.416 e. The van der Waals surface area contributed by atoms with E-state index in [-0.39, 0.29) is 23.6 Å². The van der Waals surface area contributed by atoms with E-state index in [9.17, 15) is 18.0 Å². The van der Waals surface area contributed by atoms with Gasteiger partial charge in [-0.3, -0.25) is 4.79 Å². The average Bonchev–Trinajstić information content (AvgIpc) is 2.24. The van der Waals surface area contributed by atoms with Crippen molar-refractivity contribution in [3.8, 4) is 0 Å². The van der Waals surface area contributed by atoms with Crippen LogP contribution >= 0.6 is 0 Å². The van der Waals surface area contributed by atoms with Crippen LogP contribution in [0, 0.1) is 5.92 Å². The van der Waals surface area contributed by atoms with Crippen LogP contribution in [-0.4, -0.2) is 11.9 Å². The van der Waals surface area contributed by atoms with E-state index in [0.29, 0.717) is 12.8 Å². The van der Waals surface area contributed by atoms with Crippen LogP contribution in [0.1, 0.15) is 18.4 Å². The Hall–Kier alpha value is -1.56. The van der Waals surface area contributed by atoms with Crippen molar-refractivity contribution in [1.82, 2.24) is 0 Å². The zero-order valence-electron chi connectivity index (χ0n) is 9.50. The second kappa shape index (κ2) is 4.61. The molecule has 0 heterocycles. The predicted octanol–water partition coefficient (Wildman–Crippen LogP) is 2.38. The van der Waals surface area contributed by atoms with Crippen LogP contribution in [0.5, 0.6) is 0 Å². The lowest BCUT2D eigenvalue weighted by Gasteiger charge is -2.31. The van der Waals surface area contributed by atoms with Crippen LogP contribution in [0.25, 0.3) is 0 Å². The van der Waals surface area contributed by atoms with Crippen molar-refractivity contribution in [2.45, 2.75) is 25.1 Å². The maximum atomic E-state index is 12.5. The minimum atomic E-state index is -4.40.